The molecule has 0 saturated heterocycles. The van der Waals surface area contributed by atoms with Gasteiger partial charge in [-0.1, -0.05) is 19.1 Å². The molecule has 4 heteroatoms. The minimum atomic E-state index is 0.641. The van der Waals surface area contributed by atoms with Gasteiger partial charge in [-0.25, -0.2) is 4.98 Å². The van der Waals surface area contributed by atoms with Crippen molar-refractivity contribution in [2.45, 2.75) is 19.8 Å². The summed E-state index contributed by atoms with van der Waals surface area (Å²) in [5.74, 6) is 2.16. The summed E-state index contributed by atoms with van der Waals surface area (Å²) in [5, 5.41) is 3.28. The third-order valence-electron chi connectivity index (χ3n) is 2.83. The summed E-state index contributed by atoms with van der Waals surface area (Å²) >= 11 is 5.73. The van der Waals surface area contributed by atoms with Gasteiger partial charge in [-0.15, -0.1) is 11.6 Å². The number of anilines is 2. The van der Waals surface area contributed by atoms with E-state index in [2.05, 4.69) is 29.4 Å². The van der Waals surface area contributed by atoms with Crippen LogP contribution in [0.4, 0.5) is 11.5 Å². The number of hydrogen-bond acceptors (Lipinski definition) is 3. The Hall–Kier alpha value is -1.74. The van der Waals surface area contributed by atoms with Crippen LogP contribution in [0.3, 0.4) is 0 Å². The lowest BCUT2D eigenvalue weighted by molar-refractivity contribution is 0.318. The van der Waals surface area contributed by atoms with Crippen LogP contribution < -0.4 is 10.1 Å². The number of pyridine rings is 1. The van der Waals surface area contributed by atoms with E-state index in [1.807, 2.05) is 24.3 Å². The second-order valence-electron chi connectivity index (χ2n) is 4.46. The van der Waals surface area contributed by atoms with Crippen LogP contribution in [-0.4, -0.2) is 17.5 Å². The van der Waals surface area contributed by atoms with Gasteiger partial charge in [0.1, 0.15) is 0 Å². The van der Waals surface area contributed by atoms with Crippen molar-refractivity contribution >= 4 is 23.1 Å². The van der Waals surface area contributed by atoms with E-state index >= 15 is 0 Å². The molecule has 106 valence electrons. The summed E-state index contributed by atoms with van der Waals surface area (Å²) in [7, 11) is 0. The third kappa shape index (κ3) is 4.14. The van der Waals surface area contributed by atoms with Gasteiger partial charge in [0.25, 0.3) is 0 Å². The van der Waals surface area contributed by atoms with Crippen LogP contribution in [0.15, 0.2) is 42.6 Å². The molecule has 2 rings (SSSR count). The molecule has 0 bridgehead atoms. The standard InChI is InChI=1S/C16H19ClN2O/c1-2-12-20-15-4-3-11-18-16(15)19-14-7-5-13(6-8-14)9-10-17/h3-8,11H,2,9-10,12H2,1H3,(H,18,19). The van der Waals surface area contributed by atoms with Crippen LogP contribution in [0.5, 0.6) is 5.75 Å². The predicted octanol–water partition coefficient (Wildman–Crippen LogP) is 4.40. The molecule has 0 amide bonds. The highest BCUT2D eigenvalue weighted by atomic mass is 35.5. The van der Waals surface area contributed by atoms with E-state index in [0.29, 0.717) is 12.5 Å². The number of alkyl halides is 1. The number of ether oxygens (including phenoxy) is 1. The maximum Gasteiger partial charge on any atom is 0.173 e. The van der Waals surface area contributed by atoms with Crippen molar-refractivity contribution in [3.8, 4) is 5.75 Å². The quantitative estimate of drug-likeness (QED) is 0.768. The number of aromatic nitrogens is 1. The fraction of sp³-hybridized carbons (Fsp3) is 0.312. The largest absolute Gasteiger partial charge is 0.490 e. The van der Waals surface area contributed by atoms with E-state index in [9.17, 15) is 0 Å². The van der Waals surface area contributed by atoms with Gasteiger partial charge in [-0.3, -0.25) is 0 Å². The number of hydrogen-bond donors (Lipinski definition) is 1. The molecule has 1 aromatic carbocycles. The molecule has 20 heavy (non-hydrogen) atoms. The van der Waals surface area contributed by atoms with Crippen LogP contribution in [0.2, 0.25) is 0 Å². The lowest BCUT2D eigenvalue weighted by Crippen LogP contribution is -2.01. The Morgan fingerprint density at radius 2 is 2.00 bits per heavy atom. The Morgan fingerprint density at radius 1 is 1.20 bits per heavy atom. The first-order chi connectivity index (χ1) is 9.83. The van der Waals surface area contributed by atoms with E-state index in [1.165, 1.54) is 5.56 Å². The van der Waals surface area contributed by atoms with Crippen LogP contribution in [-0.2, 0) is 6.42 Å². The van der Waals surface area contributed by atoms with Crippen molar-refractivity contribution in [2.75, 3.05) is 17.8 Å². The maximum absolute atomic E-state index is 5.73. The topological polar surface area (TPSA) is 34.1 Å². The molecule has 2 aromatic rings. The van der Waals surface area contributed by atoms with Crippen LogP contribution in [0.1, 0.15) is 18.9 Å². The van der Waals surface area contributed by atoms with Crippen LogP contribution in [0.25, 0.3) is 0 Å². The molecule has 3 nitrogen and oxygen atoms in total. The first-order valence-electron chi connectivity index (χ1n) is 6.83. The first-order valence-corrected chi connectivity index (χ1v) is 7.36. The van der Waals surface area contributed by atoms with Gasteiger partial charge < -0.3 is 10.1 Å². The highest BCUT2D eigenvalue weighted by Gasteiger charge is 2.04. The first kappa shape index (κ1) is 14.7. The number of benzene rings is 1. The van der Waals surface area contributed by atoms with Gasteiger partial charge in [-0.05, 0) is 42.7 Å². The second kappa shape index (κ2) is 7.75. The number of halogens is 1. The summed E-state index contributed by atoms with van der Waals surface area (Å²) in [6, 6.07) is 12.0. The zero-order valence-corrected chi connectivity index (χ0v) is 12.4. The Balaban J connectivity index is 2.08. The number of rotatable bonds is 7. The van der Waals surface area contributed by atoms with Gasteiger partial charge in [0.05, 0.1) is 6.61 Å². The van der Waals surface area contributed by atoms with Crippen molar-refractivity contribution in [1.29, 1.82) is 0 Å². The van der Waals surface area contributed by atoms with Crippen molar-refractivity contribution in [3.63, 3.8) is 0 Å². The summed E-state index contributed by atoms with van der Waals surface area (Å²) in [4.78, 5) is 4.33. The predicted molar refractivity (Wildman–Crippen MR) is 84.2 cm³/mol. The molecule has 0 atom stereocenters. The Morgan fingerprint density at radius 3 is 2.70 bits per heavy atom. The minimum absolute atomic E-state index is 0.641. The van der Waals surface area contributed by atoms with Gasteiger partial charge in [-0.2, -0.15) is 0 Å². The highest BCUT2D eigenvalue weighted by molar-refractivity contribution is 6.17. The molecular formula is C16H19ClN2O. The summed E-state index contributed by atoms with van der Waals surface area (Å²) in [5.41, 5.74) is 2.22. The van der Waals surface area contributed by atoms with Gasteiger partial charge in [0, 0.05) is 17.8 Å². The molecule has 0 aliphatic heterocycles. The molecule has 0 aliphatic carbocycles. The van der Waals surface area contributed by atoms with E-state index in [1.54, 1.807) is 6.20 Å². The Kier molecular flexibility index (Phi) is 5.69. The van der Waals surface area contributed by atoms with E-state index in [0.717, 1.165) is 30.1 Å². The van der Waals surface area contributed by atoms with Crippen molar-refractivity contribution in [2.24, 2.45) is 0 Å². The van der Waals surface area contributed by atoms with Gasteiger partial charge in [0.15, 0.2) is 11.6 Å². The summed E-state index contributed by atoms with van der Waals surface area (Å²) in [6.45, 7) is 2.77. The summed E-state index contributed by atoms with van der Waals surface area (Å²) in [6.07, 6.45) is 3.61. The van der Waals surface area contributed by atoms with Crippen molar-refractivity contribution < 1.29 is 4.74 Å². The molecule has 0 aliphatic rings. The lowest BCUT2D eigenvalue weighted by atomic mass is 10.1. The van der Waals surface area contributed by atoms with E-state index < -0.39 is 0 Å². The molecule has 1 N–H and O–H groups in total. The molecular weight excluding hydrogens is 272 g/mol. The normalized spacial score (nSPS) is 10.3. The van der Waals surface area contributed by atoms with Gasteiger partial charge in [0.2, 0.25) is 0 Å². The van der Waals surface area contributed by atoms with Crippen LogP contribution in [0, 0.1) is 0 Å². The third-order valence-corrected chi connectivity index (χ3v) is 3.02. The second-order valence-corrected chi connectivity index (χ2v) is 4.84. The van der Waals surface area contributed by atoms with Gasteiger partial charge >= 0.3 is 0 Å². The molecule has 0 spiro atoms. The molecule has 0 radical (unpaired) electrons. The monoisotopic (exact) mass is 290 g/mol. The van der Waals surface area contributed by atoms with Crippen molar-refractivity contribution in [1.82, 2.24) is 4.98 Å². The minimum Gasteiger partial charge on any atom is -0.490 e. The highest BCUT2D eigenvalue weighted by Crippen LogP contribution is 2.25. The van der Waals surface area contributed by atoms with E-state index in [4.69, 9.17) is 16.3 Å². The fourth-order valence-electron chi connectivity index (χ4n) is 1.81. The summed E-state index contributed by atoms with van der Waals surface area (Å²) < 4.78 is 5.68. The smallest absolute Gasteiger partial charge is 0.173 e. The fourth-order valence-corrected chi connectivity index (χ4v) is 2.03. The number of aryl methyl sites for hydroxylation is 1. The SMILES string of the molecule is CCCOc1cccnc1Nc1ccc(CCCl)cc1. The Bertz CT molecular complexity index is 528. The number of nitrogens with zero attached hydrogens (tertiary/aromatic N) is 1. The molecule has 0 saturated carbocycles. The Labute approximate surface area is 124 Å². The zero-order chi connectivity index (χ0) is 14.2. The lowest BCUT2D eigenvalue weighted by Gasteiger charge is -2.11. The number of nitrogens with one attached hydrogen (secondary N) is 1. The average molecular weight is 291 g/mol. The molecule has 0 unspecified atom stereocenters. The van der Waals surface area contributed by atoms with E-state index in [-0.39, 0.29) is 0 Å². The molecule has 0 fully saturated rings. The molecule has 1 aromatic heterocycles. The van der Waals surface area contributed by atoms with Crippen molar-refractivity contribution in [3.05, 3.63) is 48.2 Å². The zero-order valence-electron chi connectivity index (χ0n) is 11.6. The molecule has 1 heterocycles. The van der Waals surface area contributed by atoms with Crippen LogP contribution >= 0.6 is 11.6 Å². The average Bonchev–Trinajstić information content (AvgIpc) is 2.49. The maximum atomic E-state index is 5.73.